The number of piperidine rings is 1. The maximum absolute atomic E-state index is 12.5. The molecule has 1 heterocycles. The molecule has 7 heteroatoms. The molecule has 0 amide bonds. The van der Waals surface area contributed by atoms with Crippen molar-refractivity contribution >= 4 is 39.0 Å². The molecule has 1 aliphatic heterocycles. The molecule has 0 saturated carbocycles. The van der Waals surface area contributed by atoms with Gasteiger partial charge in [-0.3, -0.25) is 4.79 Å². The van der Waals surface area contributed by atoms with Crippen molar-refractivity contribution in [3.63, 3.8) is 0 Å². The summed E-state index contributed by atoms with van der Waals surface area (Å²) in [5.74, 6) is 0.281. The van der Waals surface area contributed by atoms with Gasteiger partial charge in [0.25, 0.3) is 10.0 Å². The molecule has 0 unspecified atom stereocenters. The first-order chi connectivity index (χ1) is 11.5. The van der Waals surface area contributed by atoms with Crippen molar-refractivity contribution in [2.45, 2.75) is 17.7 Å². The van der Waals surface area contributed by atoms with E-state index in [-0.39, 0.29) is 10.7 Å². The lowest BCUT2D eigenvalue weighted by molar-refractivity contribution is -0.119. The third-order valence-corrected chi connectivity index (χ3v) is 6.23. The van der Waals surface area contributed by atoms with Crippen LogP contribution < -0.4 is 8.72 Å². The number of anilines is 2. The van der Waals surface area contributed by atoms with E-state index in [0.717, 1.165) is 9.51 Å². The average molecular weight is 365 g/mol. The van der Waals surface area contributed by atoms with Gasteiger partial charge in [0.05, 0.1) is 10.6 Å². The van der Waals surface area contributed by atoms with E-state index in [1.165, 1.54) is 12.1 Å². The topological polar surface area (TPSA) is 57.7 Å². The molecular formula is C17H17ClN2O3S. The molecule has 126 valence electrons. The molecule has 0 N–H and O–H groups in total. The van der Waals surface area contributed by atoms with Crippen molar-refractivity contribution in [1.82, 2.24) is 0 Å². The molecule has 1 saturated heterocycles. The fourth-order valence-electron chi connectivity index (χ4n) is 2.62. The van der Waals surface area contributed by atoms with Crippen molar-refractivity contribution < 1.29 is 13.2 Å². The molecule has 0 aromatic heterocycles. The van der Waals surface area contributed by atoms with Gasteiger partial charge in [0.1, 0.15) is 5.78 Å². The van der Waals surface area contributed by atoms with Crippen LogP contribution in [0.2, 0.25) is 0 Å². The zero-order chi connectivity index (χ0) is 17.2. The largest absolute Gasteiger partial charge is 0.371 e. The van der Waals surface area contributed by atoms with Gasteiger partial charge in [-0.2, -0.15) is 12.2 Å². The molecule has 2 aromatic rings. The highest BCUT2D eigenvalue weighted by Gasteiger charge is 2.23. The van der Waals surface area contributed by atoms with E-state index in [1.807, 2.05) is 12.1 Å². The Morgan fingerprint density at radius 1 is 0.917 bits per heavy atom. The van der Waals surface area contributed by atoms with Crippen molar-refractivity contribution in [1.29, 1.82) is 0 Å². The molecular weight excluding hydrogens is 348 g/mol. The number of hydrogen-bond acceptors (Lipinski definition) is 4. The van der Waals surface area contributed by atoms with Gasteiger partial charge in [0, 0.05) is 43.4 Å². The van der Waals surface area contributed by atoms with Crippen LogP contribution in [0.3, 0.4) is 0 Å². The molecule has 2 aromatic carbocycles. The minimum atomic E-state index is -3.80. The lowest BCUT2D eigenvalue weighted by Gasteiger charge is -2.28. The van der Waals surface area contributed by atoms with Gasteiger partial charge >= 0.3 is 0 Å². The fourth-order valence-corrected chi connectivity index (χ4v) is 4.06. The number of sulfonamides is 1. The molecule has 0 bridgehead atoms. The number of rotatable bonds is 4. The summed E-state index contributed by atoms with van der Waals surface area (Å²) in [5.41, 5.74) is 1.32. The highest BCUT2D eigenvalue weighted by molar-refractivity contribution is 7.94. The average Bonchev–Trinajstić information content (AvgIpc) is 2.62. The summed E-state index contributed by atoms with van der Waals surface area (Å²) in [6.45, 7) is 1.37. The number of carbonyl (C=O) groups excluding carboxylic acids is 1. The van der Waals surface area contributed by atoms with Gasteiger partial charge < -0.3 is 4.90 Å². The number of ketones is 1. The zero-order valence-corrected chi connectivity index (χ0v) is 14.5. The standard InChI is InChI=1S/C17H17ClN2O3S/c18-20(24(22,23)17-4-2-1-3-5-17)15-8-6-14(7-9-15)19-12-10-16(21)11-13-19/h1-9H,10-13H2. The van der Waals surface area contributed by atoms with Crippen LogP contribution in [0.15, 0.2) is 59.5 Å². The number of Topliss-reactive ketones (excluding diaryl/α,β-unsaturated/α-hetero) is 1. The van der Waals surface area contributed by atoms with Crippen LogP contribution in [0.25, 0.3) is 0 Å². The third kappa shape index (κ3) is 3.39. The van der Waals surface area contributed by atoms with Crippen LogP contribution in [0.5, 0.6) is 0 Å². The number of hydrogen-bond donors (Lipinski definition) is 0. The lowest BCUT2D eigenvalue weighted by Crippen LogP contribution is -2.33. The van der Waals surface area contributed by atoms with Gasteiger partial charge in [-0.15, -0.1) is 0 Å². The first-order valence-corrected chi connectivity index (χ1v) is 9.39. The van der Waals surface area contributed by atoms with Crippen LogP contribution in [0, 0.1) is 0 Å². The number of nitrogens with zero attached hydrogens (tertiary/aromatic N) is 2. The summed E-state index contributed by atoms with van der Waals surface area (Å²) in [7, 11) is -3.80. The monoisotopic (exact) mass is 364 g/mol. The second-order valence-corrected chi connectivity index (χ2v) is 7.90. The van der Waals surface area contributed by atoms with Gasteiger partial charge in [-0.1, -0.05) is 18.2 Å². The predicted molar refractivity (Wildman–Crippen MR) is 94.9 cm³/mol. The Hall–Kier alpha value is -2.05. The third-order valence-electron chi connectivity index (χ3n) is 3.99. The molecule has 3 rings (SSSR count). The number of halogens is 1. The van der Waals surface area contributed by atoms with E-state index in [2.05, 4.69) is 4.90 Å². The Morgan fingerprint density at radius 2 is 1.50 bits per heavy atom. The molecule has 24 heavy (non-hydrogen) atoms. The van der Waals surface area contributed by atoms with Crippen LogP contribution in [-0.4, -0.2) is 27.3 Å². The molecule has 0 radical (unpaired) electrons. The SMILES string of the molecule is O=C1CCN(c2ccc(N(Cl)S(=O)(=O)c3ccccc3)cc2)CC1. The summed E-state index contributed by atoms with van der Waals surface area (Å²) in [5, 5.41) is 0. The Kier molecular flexibility index (Phi) is 4.78. The van der Waals surface area contributed by atoms with Gasteiger partial charge in [-0.25, -0.2) is 0 Å². The maximum Gasteiger partial charge on any atom is 0.278 e. The van der Waals surface area contributed by atoms with Crippen LogP contribution in [0.1, 0.15) is 12.8 Å². The van der Waals surface area contributed by atoms with E-state index >= 15 is 0 Å². The second-order valence-electron chi connectivity index (χ2n) is 5.58. The molecule has 5 nitrogen and oxygen atoms in total. The van der Waals surface area contributed by atoms with Crippen molar-refractivity contribution in [2.75, 3.05) is 21.8 Å². The quantitative estimate of drug-likeness (QED) is 0.782. The summed E-state index contributed by atoms with van der Waals surface area (Å²) in [6.07, 6.45) is 1.09. The van der Waals surface area contributed by atoms with E-state index in [9.17, 15) is 13.2 Å². The normalized spacial score (nSPS) is 15.4. The smallest absolute Gasteiger partial charge is 0.278 e. The molecule has 0 spiro atoms. The van der Waals surface area contributed by atoms with E-state index in [0.29, 0.717) is 31.6 Å². The van der Waals surface area contributed by atoms with Crippen molar-refractivity contribution in [3.8, 4) is 0 Å². The second kappa shape index (κ2) is 6.83. The van der Waals surface area contributed by atoms with Gasteiger partial charge in [-0.05, 0) is 36.4 Å². The number of carbonyl (C=O) groups is 1. The Labute approximate surface area is 146 Å². The molecule has 0 atom stereocenters. The maximum atomic E-state index is 12.5. The van der Waals surface area contributed by atoms with E-state index < -0.39 is 10.0 Å². The first-order valence-electron chi connectivity index (χ1n) is 7.61. The molecule has 0 aliphatic carbocycles. The highest BCUT2D eigenvalue weighted by atomic mass is 35.5. The minimum Gasteiger partial charge on any atom is -0.371 e. The minimum absolute atomic E-state index is 0.138. The van der Waals surface area contributed by atoms with Crippen LogP contribution in [-0.2, 0) is 14.8 Å². The van der Waals surface area contributed by atoms with Crippen LogP contribution >= 0.6 is 11.8 Å². The Morgan fingerprint density at radius 3 is 2.08 bits per heavy atom. The predicted octanol–water partition coefficient (Wildman–Crippen LogP) is 3.21. The van der Waals surface area contributed by atoms with Crippen molar-refractivity contribution in [2.24, 2.45) is 0 Å². The summed E-state index contributed by atoms with van der Waals surface area (Å²) < 4.78 is 25.8. The summed E-state index contributed by atoms with van der Waals surface area (Å²) >= 11 is 6.08. The summed E-state index contributed by atoms with van der Waals surface area (Å²) in [4.78, 5) is 13.6. The number of benzene rings is 2. The van der Waals surface area contributed by atoms with Gasteiger partial charge in [0.15, 0.2) is 0 Å². The van der Waals surface area contributed by atoms with E-state index in [4.69, 9.17) is 11.8 Å². The summed E-state index contributed by atoms with van der Waals surface area (Å²) in [6, 6.07) is 15.0. The lowest BCUT2D eigenvalue weighted by atomic mass is 10.1. The van der Waals surface area contributed by atoms with Gasteiger partial charge in [0.2, 0.25) is 0 Å². The molecule has 1 aliphatic rings. The first kappa shape index (κ1) is 16.8. The zero-order valence-electron chi connectivity index (χ0n) is 12.9. The van der Waals surface area contributed by atoms with Crippen molar-refractivity contribution in [3.05, 3.63) is 54.6 Å². The Balaban J connectivity index is 1.79. The highest BCUT2D eigenvalue weighted by Crippen LogP contribution is 2.28. The fraction of sp³-hybridized carbons (Fsp3) is 0.235. The van der Waals surface area contributed by atoms with Crippen LogP contribution in [0.4, 0.5) is 11.4 Å². The molecule has 1 fully saturated rings. The van der Waals surface area contributed by atoms with E-state index in [1.54, 1.807) is 30.3 Å². The Bertz CT molecular complexity index is 813.